The number of carboxylic acid groups (broad SMARTS) is 1. The van der Waals surface area contributed by atoms with Gasteiger partial charge in [0.05, 0.1) is 30.8 Å². The number of likely N-dealkylation sites (tertiary alicyclic amines) is 1. The van der Waals surface area contributed by atoms with Crippen LogP contribution in [0.15, 0.2) is 54.1 Å². The van der Waals surface area contributed by atoms with Gasteiger partial charge in [-0.05, 0) is 74.5 Å². The van der Waals surface area contributed by atoms with Gasteiger partial charge in [-0.1, -0.05) is 0 Å². The molecule has 1 aliphatic rings. The van der Waals surface area contributed by atoms with Crippen molar-refractivity contribution in [2.24, 2.45) is 11.8 Å². The summed E-state index contributed by atoms with van der Waals surface area (Å²) in [5.41, 5.74) is 1.61. The van der Waals surface area contributed by atoms with E-state index in [1.165, 1.54) is 0 Å². The van der Waals surface area contributed by atoms with Crippen LogP contribution in [0.25, 0.3) is 10.9 Å². The number of carbonyl (C=O) groups is 1. The number of aliphatic hydroxyl groups is 1. The van der Waals surface area contributed by atoms with Gasteiger partial charge in [-0.15, -0.1) is 11.8 Å². The first-order chi connectivity index (χ1) is 17.0. The summed E-state index contributed by atoms with van der Waals surface area (Å²) >= 11 is 1.67. The van der Waals surface area contributed by atoms with Crippen LogP contribution in [0.5, 0.6) is 5.75 Å². The van der Waals surface area contributed by atoms with E-state index in [9.17, 15) is 15.0 Å². The molecule has 186 valence electrons. The van der Waals surface area contributed by atoms with Crippen LogP contribution in [-0.4, -0.2) is 68.5 Å². The van der Waals surface area contributed by atoms with Gasteiger partial charge in [0.25, 0.3) is 0 Å². The van der Waals surface area contributed by atoms with Crippen LogP contribution in [-0.2, 0) is 4.79 Å². The Bertz CT molecular complexity index is 1120. The average molecular weight is 497 g/mol. The number of carboxylic acids is 1. The Morgan fingerprint density at radius 3 is 2.91 bits per heavy atom. The van der Waals surface area contributed by atoms with E-state index in [0.717, 1.165) is 53.2 Å². The summed E-state index contributed by atoms with van der Waals surface area (Å²) in [7, 11) is 1.61. The van der Waals surface area contributed by atoms with Crippen LogP contribution in [0.2, 0.25) is 0 Å². The molecule has 3 aromatic rings. The van der Waals surface area contributed by atoms with Gasteiger partial charge in [0.1, 0.15) is 10.8 Å². The zero-order valence-corrected chi connectivity index (χ0v) is 20.7. The fourth-order valence-electron chi connectivity index (χ4n) is 4.81. The van der Waals surface area contributed by atoms with Gasteiger partial charge in [0.15, 0.2) is 0 Å². The van der Waals surface area contributed by atoms with Crippen molar-refractivity contribution >= 4 is 28.6 Å². The van der Waals surface area contributed by atoms with Crippen LogP contribution in [0, 0.1) is 11.8 Å². The smallest absolute Gasteiger partial charge is 0.308 e. The Morgan fingerprint density at radius 2 is 2.14 bits per heavy atom. The maximum absolute atomic E-state index is 12.1. The highest BCUT2D eigenvalue weighted by atomic mass is 32.2. The third kappa shape index (κ3) is 6.68. The number of aromatic nitrogens is 3. The van der Waals surface area contributed by atoms with E-state index in [0.29, 0.717) is 25.1 Å². The molecule has 3 heterocycles. The van der Waals surface area contributed by atoms with E-state index in [1.54, 1.807) is 43.7 Å². The van der Waals surface area contributed by atoms with Crippen molar-refractivity contribution in [3.05, 3.63) is 54.6 Å². The number of nitrogens with zero attached hydrogens (tertiary/aromatic N) is 4. The monoisotopic (exact) mass is 496 g/mol. The molecule has 0 bridgehead atoms. The fraction of sp³-hybridized carbons (Fsp3) is 0.462. The summed E-state index contributed by atoms with van der Waals surface area (Å²) < 4.78 is 5.33. The molecular formula is C26H32N4O4S. The van der Waals surface area contributed by atoms with Gasteiger partial charge >= 0.3 is 5.97 Å². The number of thioether (sulfide) groups is 1. The molecule has 9 heteroatoms. The highest BCUT2D eigenvalue weighted by Crippen LogP contribution is 2.34. The highest BCUT2D eigenvalue weighted by molar-refractivity contribution is 7.99. The number of fused-ring (bicyclic) bond motifs is 1. The minimum absolute atomic E-state index is 0.0509. The summed E-state index contributed by atoms with van der Waals surface area (Å²) in [6.07, 6.45) is 9.11. The first-order valence-corrected chi connectivity index (χ1v) is 13.0. The molecule has 2 N–H and O–H groups in total. The van der Waals surface area contributed by atoms with Crippen molar-refractivity contribution in [1.29, 1.82) is 0 Å². The lowest BCUT2D eigenvalue weighted by Gasteiger charge is -2.37. The molecule has 0 unspecified atom stereocenters. The summed E-state index contributed by atoms with van der Waals surface area (Å²) in [6, 6.07) is 7.46. The SMILES string of the molecule is COc1ccc2nccc([C@@H](O)CC[C@@H]3CCN(CCCSc4cnccn4)C[C@@H]3C(=O)O)c2c1. The molecule has 1 aliphatic heterocycles. The molecule has 4 rings (SSSR count). The third-order valence-electron chi connectivity index (χ3n) is 6.72. The Labute approximate surface area is 209 Å². The molecule has 0 amide bonds. The van der Waals surface area contributed by atoms with E-state index >= 15 is 0 Å². The first kappa shape index (κ1) is 25.3. The van der Waals surface area contributed by atoms with Crippen molar-refractivity contribution in [3.8, 4) is 5.75 Å². The van der Waals surface area contributed by atoms with E-state index in [-0.39, 0.29) is 5.92 Å². The zero-order valence-electron chi connectivity index (χ0n) is 19.9. The molecule has 1 fully saturated rings. The number of hydrogen-bond acceptors (Lipinski definition) is 8. The molecule has 8 nitrogen and oxygen atoms in total. The van der Waals surface area contributed by atoms with E-state index < -0.39 is 18.0 Å². The standard InChI is InChI=1S/C26H32N4O4S/c1-34-19-4-5-23-21(15-19)20(7-9-28-23)24(31)6-3-18-8-13-30(17-22(18)26(32)33)12-2-14-35-25-16-27-10-11-29-25/h4-5,7,9-11,15-16,18,22,24,31H,2-3,6,8,12-14,17H2,1H3,(H,32,33)/t18-,22+,24+/m1/s1. The Balaban J connectivity index is 1.30. The molecule has 0 spiro atoms. The second-order valence-corrected chi connectivity index (χ2v) is 10.0. The Hall–Kier alpha value is -2.75. The highest BCUT2D eigenvalue weighted by Gasteiger charge is 2.34. The second-order valence-electron chi connectivity index (χ2n) is 8.92. The second kappa shape index (κ2) is 12.3. The normalized spacial score (nSPS) is 19.5. The molecule has 2 aromatic heterocycles. The lowest BCUT2D eigenvalue weighted by molar-refractivity contribution is -0.146. The minimum Gasteiger partial charge on any atom is -0.497 e. The molecule has 0 aliphatic carbocycles. The number of benzene rings is 1. The summed E-state index contributed by atoms with van der Waals surface area (Å²) in [5.74, 6) is 0.523. The van der Waals surface area contributed by atoms with Crippen LogP contribution < -0.4 is 4.74 Å². The number of methoxy groups -OCH3 is 1. The van der Waals surface area contributed by atoms with Gasteiger partial charge in [-0.2, -0.15) is 0 Å². The van der Waals surface area contributed by atoms with Crippen LogP contribution >= 0.6 is 11.8 Å². The number of hydrogen-bond donors (Lipinski definition) is 2. The number of aliphatic hydroxyl groups excluding tert-OH is 1. The molecule has 0 saturated carbocycles. The zero-order chi connectivity index (χ0) is 24.6. The number of pyridine rings is 1. The topological polar surface area (TPSA) is 109 Å². The molecule has 3 atom stereocenters. The fourth-order valence-corrected chi connectivity index (χ4v) is 5.57. The quantitative estimate of drug-likeness (QED) is 0.300. The van der Waals surface area contributed by atoms with Crippen molar-refractivity contribution in [1.82, 2.24) is 19.9 Å². The van der Waals surface area contributed by atoms with E-state index in [4.69, 9.17) is 4.74 Å². The summed E-state index contributed by atoms with van der Waals surface area (Å²) in [6.45, 7) is 2.31. The maximum atomic E-state index is 12.1. The Kier molecular flexibility index (Phi) is 8.90. The number of rotatable bonds is 11. The minimum atomic E-state index is -0.748. The van der Waals surface area contributed by atoms with Gasteiger partial charge < -0.3 is 19.8 Å². The van der Waals surface area contributed by atoms with Crippen LogP contribution in [0.1, 0.15) is 37.4 Å². The number of ether oxygens (including phenoxy) is 1. The van der Waals surface area contributed by atoms with Gasteiger partial charge in [0, 0.05) is 36.3 Å². The molecule has 1 aromatic carbocycles. The van der Waals surface area contributed by atoms with E-state index in [1.807, 2.05) is 24.3 Å². The van der Waals surface area contributed by atoms with Crippen molar-refractivity contribution in [3.63, 3.8) is 0 Å². The molecule has 35 heavy (non-hydrogen) atoms. The molecule has 0 radical (unpaired) electrons. The van der Waals surface area contributed by atoms with Crippen LogP contribution in [0.3, 0.4) is 0 Å². The lowest BCUT2D eigenvalue weighted by atomic mass is 9.81. The Morgan fingerprint density at radius 1 is 1.26 bits per heavy atom. The number of aliphatic carboxylic acids is 1. The number of piperidine rings is 1. The van der Waals surface area contributed by atoms with Crippen molar-refractivity contribution in [2.45, 2.75) is 36.8 Å². The van der Waals surface area contributed by atoms with E-state index in [2.05, 4.69) is 19.9 Å². The van der Waals surface area contributed by atoms with Crippen molar-refractivity contribution in [2.75, 3.05) is 32.5 Å². The lowest BCUT2D eigenvalue weighted by Crippen LogP contribution is -2.44. The maximum Gasteiger partial charge on any atom is 0.308 e. The summed E-state index contributed by atoms with van der Waals surface area (Å²) in [5, 5.41) is 22.7. The summed E-state index contributed by atoms with van der Waals surface area (Å²) in [4.78, 5) is 27.0. The van der Waals surface area contributed by atoms with Gasteiger partial charge in [-0.25, -0.2) is 4.98 Å². The largest absolute Gasteiger partial charge is 0.497 e. The van der Waals surface area contributed by atoms with Crippen LogP contribution in [0.4, 0.5) is 0 Å². The first-order valence-electron chi connectivity index (χ1n) is 12.0. The third-order valence-corrected chi connectivity index (χ3v) is 7.72. The molecule has 1 saturated heterocycles. The predicted molar refractivity (Wildman–Crippen MR) is 136 cm³/mol. The average Bonchev–Trinajstić information content (AvgIpc) is 2.89. The molecular weight excluding hydrogens is 464 g/mol. The van der Waals surface area contributed by atoms with Crippen molar-refractivity contribution < 1.29 is 19.7 Å². The van der Waals surface area contributed by atoms with Gasteiger partial charge in [-0.3, -0.25) is 14.8 Å². The predicted octanol–water partition coefficient (Wildman–Crippen LogP) is 4.05. The van der Waals surface area contributed by atoms with Gasteiger partial charge in [0.2, 0.25) is 0 Å².